The molecule has 0 spiro atoms. The minimum atomic E-state index is -3.75. The van der Waals surface area contributed by atoms with Crippen LogP contribution in [0.25, 0.3) is 11.3 Å². The summed E-state index contributed by atoms with van der Waals surface area (Å²) in [6.07, 6.45) is 0. The number of hydrogen-bond donors (Lipinski definition) is 2. The third-order valence-electron chi connectivity index (χ3n) is 4.37. The van der Waals surface area contributed by atoms with Crippen molar-refractivity contribution in [3.8, 4) is 11.3 Å². The first kappa shape index (κ1) is 20.4. The fourth-order valence-electron chi connectivity index (χ4n) is 2.83. The molecule has 0 aliphatic carbocycles. The van der Waals surface area contributed by atoms with Crippen molar-refractivity contribution in [3.63, 3.8) is 0 Å². The third kappa shape index (κ3) is 4.33. The number of nitrogens with zero attached hydrogens (tertiary/aromatic N) is 2. The second-order valence-corrected chi connectivity index (χ2v) is 9.55. The molecular formula is C20H18ClN4O3S2+. The van der Waals surface area contributed by atoms with E-state index in [1.54, 1.807) is 30.4 Å². The average Bonchev–Trinajstić information content (AvgIpc) is 3.28. The molecule has 2 aromatic heterocycles. The van der Waals surface area contributed by atoms with E-state index in [2.05, 4.69) is 15.2 Å². The molecule has 0 fully saturated rings. The van der Waals surface area contributed by atoms with E-state index in [9.17, 15) is 8.42 Å². The molecule has 0 saturated carbocycles. The van der Waals surface area contributed by atoms with E-state index in [1.807, 2.05) is 41.3 Å². The Morgan fingerprint density at radius 3 is 2.43 bits per heavy atom. The fraction of sp³-hybridized carbons (Fsp3) is 0.100. The molecule has 154 valence electrons. The highest BCUT2D eigenvalue weighted by atomic mass is 35.5. The van der Waals surface area contributed by atoms with Crippen LogP contribution in [0.5, 0.6) is 0 Å². The van der Waals surface area contributed by atoms with Crippen LogP contribution in [0.3, 0.4) is 0 Å². The Bertz CT molecular complexity index is 1280. The fourth-order valence-corrected chi connectivity index (χ4v) is 4.89. The summed E-state index contributed by atoms with van der Waals surface area (Å²) in [5.41, 5.74) is 2.87. The number of hydrogen-bond acceptors (Lipinski definition) is 6. The number of halogens is 1. The van der Waals surface area contributed by atoms with Gasteiger partial charge in [0.15, 0.2) is 5.82 Å². The zero-order valence-corrected chi connectivity index (χ0v) is 18.5. The molecule has 0 atom stereocenters. The molecule has 2 heterocycles. The number of aromatic nitrogens is 2. The molecule has 0 radical (unpaired) electrons. The number of aryl methyl sites for hydroxylation is 1. The maximum atomic E-state index is 12.5. The Labute approximate surface area is 183 Å². The van der Waals surface area contributed by atoms with Crippen LogP contribution < -0.4 is 14.6 Å². The maximum absolute atomic E-state index is 12.5. The molecule has 0 bridgehead atoms. The lowest BCUT2D eigenvalue weighted by atomic mass is 10.2. The van der Waals surface area contributed by atoms with Gasteiger partial charge >= 0.3 is 5.13 Å². The van der Waals surface area contributed by atoms with Crippen molar-refractivity contribution >= 4 is 49.6 Å². The zero-order chi connectivity index (χ0) is 21.3. The third-order valence-corrected chi connectivity index (χ3v) is 6.93. The Morgan fingerprint density at radius 2 is 1.80 bits per heavy atom. The monoisotopic (exact) mass is 461 g/mol. The van der Waals surface area contributed by atoms with Crippen LogP contribution in [-0.2, 0) is 17.1 Å². The molecule has 30 heavy (non-hydrogen) atoms. The van der Waals surface area contributed by atoms with E-state index in [0.717, 1.165) is 22.1 Å². The highest BCUT2D eigenvalue weighted by Crippen LogP contribution is 2.26. The molecule has 10 heteroatoms. The molecule has 0 saturated heterocycles. The van der Waals surface area contributed by atoms with Gasteiger partial charge in [-0.25, -0.2) is 18.3 Å². The zero-order valence-electron chi connectivity index (χ0n) is 16.1. The van der Waals surface area contributed by atoms with E-state index in [-0.39, 0.29) is 10.7 Å². The van der Waals surface area contributed by atoms with Gasteiger partial charge in [0.25, 0.3) is 10.0 Å². The summed E-state index contributed by atoms with van der Waals surface area (Å²) < 4.78 is 34.3. The second kappa shape index (κ2) is 8.10. The van der Waals surface area contributed by atoms with Crippen LogP contribution in [0, 0.1) is 6.92 Å². The normalized spacial score (nSPS) is 11.4. The Kier molecular flexibility index (Phi) is 5.50. The van der Waals surface area contributed by atoms with Gasteiger partial charge in [-0.2, -0.15) is 0 Å². The summed E-state index contributed by atoms with van der Waals surface area (Å²) >= 11 is 7.52. The first-order valence-electron chi connectivity index (χ1n) is 8.88. The Hall–Kier alpha value is -2.88. The predicted octanol–water partition coefficient (Wildman–Crippen LogP) is 4.73. The van der Waals surface area contributed by atoms with Gasteiger partial charge in [-0.15, -0.1) is 0 Å². The molecule has 2 N–H and O–H groups in total. The van der Waals surface area contributed by atoms with Gasteiger partial charge < -0.3 is 4.52 Å². The Balaban J connectivity index is 1.51. The number of nitrogens with one attached hydrogen (secondary N) is 2. The van der Waals surface area contributed by atoms with Crippen molar-refractivity contribution in [2.75, 3.05) is 10.0 Å². The largest absolute Gasteiger partial charge is 0.360 e. The summed E-state index contributed by atoms with van der Waals surface area (Å²) in [6.45, 7) is 1.69. The van der Waals surface area contributed by atoms with Crippen molar-refractivity contribution in [1.29, 1.82) is 0 Å². The minimum Gasteiger partial charge on any atom is -0.360 e. The second-order valence-electron chi connectivity index (χ2n) is 6.57. The van der Waals surface area contributed by atoms with Gasteiger partial charge in [0.2, 0.25) is 0 Å². The Morgan fingerprint density at radius 1 is 1.10 bits per heavy atom. The average molecular weight is 462 g/mol. The first-order valence-corrected chi connectivity index (χ1v) is 11.6. The SMILES string of the molecule is Cc1cc(NS(=O)(=O)c2ccc(Nc3scc(-c4ccc(Cl)cc4)[n+]3C)cc2)no1. The summed E-state index contributed by atoms with van der Waals surface area (Å²) in [6, 6.07) is 15.7. The minimum absolute atomic E-state index is 0.131. The van der Waals surface area contributed by atoms with Crippen molar-refractivity contribution in [3.05, 3.63) is 70.8 Å². The van der Waals surface area contributed by atoms with Crippen LogP contribution in [0.1, 0.15) is 5.76 Å². The molecule has 0 unspecified atom stereocenters. The standard InChI is InChI=1S/C20H17ClN4O3S2/c1-13-11-19(23-28-13)24-30(26,27)17-9-7-16(8-10-17)22-20-25(2)18(12-29-20)14-3-5-15(21)6-4-14/h3-12H,1-2H3,(H,23,24)/p+1. The summed E-state index contributed by atoms with van der Waals surface area (Å²) in [4.78, 5) is 0.131. The van der Waals surface area contributed by atoms with E-state index in [1.165, 1.54) is 18.2 Å². The lowest BCUT2D eigenvalue weighted by molar-refractivity contribution is -0.641. The molecular weight excluding hydrogens is 444 g/mol. The van der Waals surface area contributed by atoms with Gasteiger partial charge in [-0.3, -0.25) is 4.72 Å². The topological polar surface area (TPSA) is 88.1 Å². The lowest BCUT2D eigenvalue weighted by Gasteiger charge is -2.05. The molecule has 7 nitrogen and oxygen atoms in total. The van der Waals surface area contributed by atoms with Gasteiger partial charge in [0.05, 0.1) is 11.9 Å². The highest BCUT2D eigenvalue weighted by molar-refractivity contribution is 7.92. The van der Waals surface area contributed by atoms with E-state index < -0.39 is 10.0 Å². The molecule has 0 aliphatic rings. The number of thiazole rings is 1. The van der Waals surface area contributed by atoms with Crippen LogP contribution >= 0.6 is 22.9 Å². The molecule has 4 aromatic rings. The van der Waals surface area contributed by atoms with Crippen molar-refractivity contribution in [2.24, 2.45) is 7.05 Å². The van der Waals surface area contributed by atoms with Gasteiger partial charge in [-0.1, -0.05) is 28.1 Å². The maximum Gasteiger partial charge on any atom is 0.339 e. The quantitative estimate of drug-likeness (QED) is 0.405. The predicted molar refractivity (Wildman–Crippen MR) is 118 cm³/mol. The van der Waals surface area contributed by atoms with E-state index in [4.69, 9.17) is 16.1 Å². The number of anilines is 3. The lowest BCUT2D eigenvalue weighted by Crippen LogP contribution is -2.30. The van der Waals surface area contributed by atoms with Crippen molar-refractivity contribution in [1.82, 2.24) is 5.16 Å². The number of benzene rings is 2. The number of sulfonamides is 1. The summed E-state index contributed by atoms with van der Waals surface area (Å²) in [5.74, 6) is 0.670. The van der Waals surface area contributed by atoms with Gasteiger partial charge in [0, 0.05) is 22.0 Å². The van der Waals surface area contributed by atoms with Crippen LogP contribution in [0.15, 0.2) is 69.4 Å². The van der Waals surface area contributed by atoms with Gasteiger partial charge in [0.1, 0.15) is 17.1 Å². The number of rotatable bonds is 6. The van der Waals surface area contributed by atoms with Crippen LogP contribution in [-0.4, -0.2) is 13.6 Å². The van der Waals surface area contributed by atoms with Crippen molar-refractivity contribution in [2.45, 2.75) is 11.8 Å². The molecule has 2 aromatic carbocycles. The summed E-state index contributed by atoms with van der Waals surface area (Å²) in [7, 11) is -1.78. The first-order chi connectivity index (χ1) is 14.3. The van der Waals surface area contributed by atoms with E-state index in [0.29, 0.717) is 10.8 Å². The van der Waals surface area contributed by atoms with Gasteiger partial charge in [-0.05, 0) is 55.5 Å². The van der Waals surface area contributed by atoms with Crippen LogP contribution in [0.2, 0.25) is 5.02 Å². The van der Waals surface area contributed by atoms with Crippen molar-refractivity contribution < 1.29 is 17.5 Å². The molecule has 0 aliphatic heterocycles. The smallest absolute Gasteiger partial charge is 0.339 e. The highest BCUT2D eigenvalue weighted by Gasteiger charge is 2.19. The van der Waals surface area contributed by atoms with E-state index >= 15 is 0 Å². The summed E-state index contributed by atoms with van der Waals surface area (Å²) in [5, 5.41) is 10.6. The van der Waals surface area contributed by atoms with Crippen LogP contribution in [0.4, 0.5) is 16.6 Å². The molecule has 4 rings (SSSR count). The molecule has 0 amide bonds.